The van der Waals surface area contributed by atoms with Gasteiger partial charge in [-0.3, -0.25) is 4.90 Å². The van der Waals surface area contributed by atoms with Gasteiger partial charge in [0.05, 0.1) is 6.20 Å². The molecule has 0 aliphatic rings. The second-order valence-electron chi connectivity index (χ2n) is 5.54. The molecule has 0 fully saturated rings. The first-order chi connectivity index (χ1) is 8.50. The van der Waals surface area contributed by atoms with Crippen LogP contribution in [-0.2, 0) is 0 Å². The maximum atomic E-state index is 10.2. The molecule has 0 radical (unpaired) electrons. The second-order valence-corrected chi connectivity index (χ2v) is 5.54. The van der Waals surface area contributed by atoms with Gasteiger partial charge in [0.25, 0.3) is 0 Å². The molecule has 0 saturated heterocycles. The number of nitrogens with zero attached hydrogens (tertiary/aromatic N) is 2. The van der Waals surface area contributed by atoms with Crippen LogP contribution in [0.3, 0.4) is 0 Å². The normalized spacial score (nSPS) is 14.1. The first-order valence-corrected chi connectivity index (χ1v) is 6.81. The van der Waals surface area contributed by atoms with E-state index in [-0.39, 0.29) is 0 Å². The third-order valence-electron chi connectivity index (χ3n) is 3.43. The van der Waals surface area contributed by atoms with E-state index in [4.69, 9.17) is 4.42 Å². The van der Waals surface area contributed by atoms with E-state index in [9.17, 15) is 5.11 Å². The summed E-state index contributed by atoms with van der Waals surface area (Å²) < 4.78 is 5.15. The van der Waals surface area contributed by atoms with Crippen molar-refractivity contribution in [1.82, 2.24) is 9.88 Å². The largest absolute Gasteiger partial charge is 0.445 e. The van der Waals surface area contributed by atoms with Gasteiger partial charge in [-0.05, 0) is 24.8 Å². The van der Waals surface area contributed by atoms with E-state index in [0.717, 1.165) is 19.5 Å². The van der Waals surface area contributed by atoms with Crippen LogP contribution >= 0.6 is 0 Å². The Labute approximate surface area is 110 Å². The van der Waals surface area contributed by atoms with E-state index in [1.165, 1.54) is 19.1 Å². The molecule has 0 spiro atoms. The van der Waals surface area contributed by atoms with Gasteiger partial charge in [0.1, 0.15) is 6.26 Å². The van der Waals surface area contributed by atoms with Gasteiger partial charge in [-0.2, -0.15) is 0 Å². The third kappa shape index (κ3) is 4.42. The molecule has 1 aromatic heterocycles. The fourth-order valence-electron chi connectivity index (χ4n) is 2.22. The maximum absolute atomic E-state index is 10.2. The Kier molecular flexibility index (Phi) is 5.82. The van der Waals surface area contributed by atoms with Gasteiger partial charge < -0.3 is 9.52 Å². The van der Waals surface area contributed by atoms with E-state index in [0.29, 0.717) is 11.3 Å². The molecule has 18 heavy (non-hydrogen) atoms. The highest BCUT2D eigenvalue weighted by molar-refractivity contribution is 4.85. The summed E-state index contributed by atoms with van der Waals surface area (Å²) in [5.41, 5.74) is 0.318. The predicted octanol–water partition coefficient (Wildman–Crippen LogP) is 3.20. The van der Waals surface area contributed by atoms with E-state index in [1.54, 1.807) is 6.20 Å². The summed E-state index contributed by atoms with van der Waals surface area (Å²) in [5.74, 6) is 0.380. The quantitative estimate of drug-likeness (QED) is 0.724. The molecule has 1 aromatic rings. The molecule has 0 aromatic carbocycles. The fourth-order valence-corrected chi connectivity index (χ4v) is 2.22. The summed E-state index contributed by atoms with van der Waals surface area (Å²) in [6.07, 6.45) is 5.79. The lowest BCUT2D eigenvalue weighted by Crippen LogP contribution is -2.32. The zero-order valence-corrected chi connectivity index (χ0v) is 12.0. The minimum atomic E-state index is -0.734. The van der Waals surface area contributed by atoms with E-state index in [2.05, 4.69) is 25.8 Å². The molecule has 1 unspecified atom stereocenters. The van der Waals surface area contributed by atoms with Gasteiger partial charge in [-0.25, -0.2) is 4.98 Å². The van der Waals surface area contributed by atoms with Crippen LogP contribution in [0.1, 0.15) is 59.1 Å². The van der Waals surface area contributed by atoms with E-state index in [1.807, 2.05) is 11.8 Å². The van der Waals surface area contributed by atoms with Crippen molar-refractivity contribution in [3.8, 4) is 0 Å². The average molecular weight is 254 g/mol. The lowest BCUT2D eigenvalue weighted by Gasteiger charge is -2.30. The van der Waals surface area contributed by atoms with Gasteiger partial charge in [0.15, 0.2) is 6.23 Å². The summed E-state index contributed by atoms with van der Waals surface area (Å²) in [5, 5.41) is 10.2. The van der Waals surface area contributed by atoms with Gasteiger partial charge in [0, 0.05) is 6.54 Å². The smallest absolute Gasteiger partial charge is 0.238 e. The molecule has 4 nitrogen and oxygen atoms in total. The minimum absolute atomic E-state index is 0.318. The number of aliphatic hydroxyl groups is 1. The average Bonchev–Trinajstić information content (AvgIpc) is 2.82. The molecule has 1 rings (SSSR count). The van der Waals surface area contributed by atoms with Crippen LogP contribution in [0, 0.1) is 5.41 Å². The zero-order chi connectivity index (χ0) is 13.6. The van der Waals surface area contributed by atoms with E-state index >= 15 is 0 Å². The van der Waals surface area contributed by atoms with Crippen LogP contribution in [-0.4, -0.2) is 28.1 Å². The molecule has 1 N–H and O–H groups in total. The Hall–Kier alpha value is -0.870. The first-order valence-electron chi connectivity index (χ1n) is 6.81. The Morgan fingerprint density at radius 1 is 1.39 bits per heavy atom. The van der Waals surface area contributed by atoms with Crippen LogP contribution in [0.5, 0.6) is 0 Å². The Bertz CT molecular complexity index is 323. The van der Waals surface area contributed by atoms with Crippen molar-refractivity contribution in [2.45, 2.75) is 53.2 Å². The van der Waals surface area contributed by atoms with Gasteiger partial charge >= 0.3 is 0 Å². The minimum Gasteiger partial charge on any atom is -0.445 e. The Balaban J connectivity index is 2.52. The molecule has 4 heteroatoms. The Morgan fingerprint density at radius 3 is 2.61 bits per heavy atom. The highest BCUT2D eigenvalue weighted by Crippen LogP contribution is 2.28. The van der Waals surface area contributed by atoms with Crippen molar-refractivity contribution in [2.75, 3.05) is 13.1 Å². The van der Waals surface area contributed by atoms with Gasteiger partial charge in [-0.15, -0.1) is 0 Å². The predicted molar refractivity (Wildman–Crippen MR) is 72.0 cm³/mol. The molecular formula is C14H26N2O2. The van der Waals surface area contributed by atoms with Crippen LogP contribution in [0.2, 0.25) is 0 Å². The van der Waals surface area contributed by atoms with Crippen molar-refractivity contribution in [1.29, 1.82) is 0 Å². The molecule has 0 saturated carbocycles. The number of hydrogen-bond donors (Lipinski definition) is 1. The van der Waals surface area contributed by atoms with Crippen LogP contribution in [0.25, 0.3) is 0 Å². The SMILES string of the molecule is CCCC(C)(C)CCN(CC)C(O)c1ncco1. The summed E-state index contributed by atoms with van der Waals surface area (Å²) in [7, 11) is 0. The van der Waals surface area contributed by atoms with E-state index < -0.39 is 6.23 Å². The molecular weight excluding hydrogens is 228 g/mol. The number of hydrogen-bond acceptors (Lipinski definition) is 4. The standard InChI is InChI=1S/C14H26N2O2/c1-5-7-14(3,4)8-10-16(6-2)13(17)12-15-9-11-18-12/h9,11,13,17H,5-8,10H2,1-4H3. The molecule has 0 aliphatic carbocycles. The van der Waals surface area contributed by atoms with Gasteiger partial charge in [-0.1, -0.05) is 34.1 Å². The van der Waals surface area contributed by atoms with Crippen molar-refractivity contribution < 1.29 is 9.52 Å². The Morgan fingerprint density at radius 2 is 2.11 bits per heavy atom. The topological polar surface area (TPSA) is 49.5 Å². The molecule has 0 amide bonds. The molecule has 1 heterocycles. The first kappa shape index (κ1) is 15.2. The molecule has 104 valence electrons. The maximum Gasteiger partial charge on any atom is 0.238 e. The van der Waals surface area contributed by atoms with Crippen LogP contribution in [0.4, 0.5) is 0 Å². The molecule has 0 aliphatic heterocycles. The van der Waals surface area contributed by atoms with Crippen molar-refractivity contribution in [3.05, 3.63) is 18.4 Å². The molecule has 1 atom stereocenters. The summed E-state index contributed by atoms with van der Waals surface area (Å²) in [6, 6.07) is 0. The lowest BCUT2D eigenvalue weighted by molar-refractivity contribution is -0.0207. The zero-order valence-electron chi connectivity index (χ0n) is 12.0. The molecule has 0 bridgehead atoms. The highest BCUT2D eigenvalue weighted by Gasteiger charge is 2.23. The van der Waals surface area contributed by atoms with Crippen molar-refractivity contribution >= 4 is 0 Å². The van der Waals surface area contributed by atoms with Crippen LogP contribution < -0.4 is 0 Å². The summed E-state index contributed by atoms with van der Waals surface area (Å²) in [4.78, 5) is 6.00. The number of aliphatic hydroxyl groups excluding tert-OH is 1. The fraction of sp³-hybridized carbons (Fsp3) is 0.786. The number of aromatic nitrogens is 1. The van der Waals surface area contributed by atoms with Crippen molar-refractivity contribution in [3.63, 3.8) is 0 Å². The second kappa shape index (κ2) is 6.90. The summed E-state index contributed by atoms with van der Waals surface area (Å²) in [6.45, 7) is 10.4. The van der Waals surface area contributed by atoms with Gasteiger partial charge in [0.2, 0.25) is 5.89 Å². The highest BCUT2D eigenvalue weighted by atomic mass is 16.4. The van der Waals surface area contributed by atoms with Crippen molar-refractivity contribution in [2.24, 2.45) is 5.41 Å². The third-order valence-corrected chi connectivity index (χ3v) is 3.43. The van der Waals surface area contributed by atoms with Crippen LogP contribution in [0.15, 0.2) is 16.9 Å². The number of oxazole rings is 1. The summed E-state index contributed by atoms with van der Waals surface area (Å²) >= 11 is 0. The monoisotopic (exact) mass is 254 g/mol. The number of rotatable bonds is 8. The lowest BCUT2D eigenvalue weighted by atomic mass is 9.84.